The van der Waals surface area contributed by atoms with E-state index >= 15 is 0 Å². The Bertz CT molecular complexity index is 429. The van der Waals surface area contributed by atoms with Crippen molar-refractivity contribution >= 4 is 23.0 Å². The molecule has 3 nitrogen and oxygen atoms in total. The largest absolute Gasteiger partial charge is 0.444 e. The van der Waals surface area contributed by atoms with Crippen LogP contribution in [0.2, 0.25) is 0 Å². The fourth-order valence-corrected chi connectivity index (χ4v) is 2.36. The van der Waals surface area contributed by atoms with Crippen molar-refractivity contribution in [1.29, 1.82) is 0 Å². The first kappa shape index (κ1) is 12.2. The highest BCUT2D eigenvalue weighted by Crippen LogP contribution is 2.24. The van der Waals surface area contributed by atoms with Gasteiger partial charge in [-0.15, -0.1) is 0 Å². The summed E-state index contributed by atoms with van der Waals surface area (Å²) in [5.41, 5.74) is 1.99. The van der Waals surface area contributed by atoms with Crippen molar-refractivity contribution in [3.63, 3.8) is 0 Å². The number of ether oxygens (including phenoxy) is 1. The van der Waals surface area contributed by atoms with Gasteiger partial charge in [-0.3, -0.25) is 0 Å². The zero-order valence-electron chi connectivity index (χ0n) is 10.4. The molecule has 0 spiro atoms. The molecule has 0 fully saturated rings. The highest BCUT2D eigenvalue weighted by atomic mass is 32.1. The van der Waals surface area contributed by atoms with E-state index in [1.54, 1.807) is 16.2 Å². The van der Waals surface area contributed by atoms with Crippen molar-refractivity contribution in [2.45, 2.75) is 26.4 Å². The summed E-state index contributed by atoms with van der Waals surface area (Å²) in [4.78, 5) is 13.6. The molecule has 0 saturated carbocycles. The van der Waals surface area contributed by atoms with Gasteiger partial charge in [0.2, 0.25) is 0 Å². The highest BCUT2D eigenvalue weighted by molar-refractivity contribution is 7.08. The first-order chi connectivity index (χ1) is 7.96. The molecule has 0 unspecified atom stereocenters. The Balaban J connectivity index is 1.95. The number of nitrogens with zero attached hydrogens (tertiary/aromatic N) is 1. The van der Waals surface area contributed by atoms with Gasteiger partial charge in [0.1, 0.15) is 5.60 Å². The van der Waals surface area contributed by atoms with Crippen LogP contribution in [-0.4, -0.2) is 29.7 Å². The predicted molar refractivity (Wildman–Crippen MR) is 70.1 cm³/mol. The molecule has 1 aromatic rings. The molecule has 2 heterocycles. The summed E-state index contributed by atoms with van der Waals surface area (Å²) in [6, 6.07) is 2.08. The number of amides is 1. The smallest absolute Gasteiger partial charge is 0.410 e. The van der Waals surface area contributed by atoms with Crippen LogP contribution in [-0.2, 0) is 4.74 Å². The van der Waals surface area contributed by atoms with Gasteiger partial charge in [0, 0.05) is 13.1 Å². The average Bonchev–Trinajstić information content (AvgIpc) is 2.86. The van der Waals surface area contributed by atoms with E-state index in [4.69, 9.17) is 4.74 Å². The van der Waals surface area contributed by atoms with Crippen LogP contribution in [0.4, 0.5) is 4.79 Å². The Labute approximate surface area is 106 Å². The number of hydrogen-bond donors (Lipinski definition) is 0. The third-order valence-electron chi connectivity index (χ3n) is 2.46. The molecule has 0 aromatic carbocycles. The maximum Gasteiger partial charge on any atom is 0.410 e. The van der Waals surface area contributed by atoms with Crippen molar-refractivity contribution in [2.24, 2.45) is 0 Å². The van der Waals surface area contributed by atoms with Gasteiger partial charge in [0.15, 0.2) is 0 Å². The Morgan fingerprint density at radius 3 is 2.82 bits per heavy atom. The Morgan fingerprint density at radius 2 is 2.24 bits per heavy atom. The molecular weight excluding hydrogens is 234 g/mol. The van der Waals surface area contributed by atoms with E-state index in [1.165, 1.54) is 11.1 Å². The van der Waals surface area contributed by atoms with Gasteiger partial charge in [-0.2, -0.15) is 11.3 Å². The van der Waals surface area contributed by atoms with Crippen molar-refractivity contribution < 1.29 is 9.53 Å². The summed E-state index contributed by atoms with van der Waals surface area (Å²) >= 11 is 1.67. The van der Waals surface area contributed by atoms with Crippen molar-refractivity contribution in [2.75, 3.05) is 13.1 Å². The SMILES string of the molecule is CC(C)(C)OC(=O)N1CC=C(c2ccsc2)C1. The molecule has 1 amide bonds. The normalized spacial score (nSPS) is 15.9. The van der Waals surface area contributed by atoms with Crippen LogP contribution in [0.1, 0.15) is 26.3 Å². The van der Waals surface area contributed by atoms with E-state index < -0.39 is 5.60 Å². The number of carbonyl (C=O) groups excluding carboxylic acids is 1. The Hall–Kier alpha value is -1.29. The monoisotopic (exact) mass is 251 g/mol. The van der Waals surface area contributed by atoms with Crippen LogP contribution in [0, 0.1) is 0 Å². The first-order valence-electron chi connectivity index (χ1n) is 5.65. The molecule has 0 atom stereocenters. The van der Waals surface area contributed by atoms with E-state index in [-0.39, 0.29) is 6.09 Å². The molecule has 0 N–H and O–H groups in total. The number of thiophene rings is 1. The lowest BCUT2D eigenvalue weighted by atomic mass is 10.1. The van der Waals surface area contributed by atoms with Crippen LogP contribution in [0.15, 0.2) is 22.9 Å². The lowest BCUT2D eigenvalue weighted by molar-refractivity contribution is 0.0306. The molecule has 1 aliphatic heterocycles. The first-order valence-corrected chi connectivity index (χ1v) is 6.59. The predicted octanol–water partition coefficient (Wildman–Crippen LogP) is 3.38. The van der Waals surface area contributed by atoms with E-state index in [2.05, 4.69) is 17.5 Å². The molecule has 0 bridgehead atoms. The van der Waals surface area contributed by atoms with Gasteiger partial charge in [-0.1, -0.05) is 6.08 Å². The van der Waals surface area contributed by atoms with Gasteiger partial charge in [0.05, 0.1) is 0 Å². The van der Waals surface area contributed by atoms with E-state index in [9.17, 15) is 4.79 Å². The number of rotatable bonds is 1. The summed E-state index contributed by atoms with van der Waals surface area (Å²) < 4.78 is 5.34. The van der Waals surface area contributed by atoms with Crippen molar-refractivity contribution in [3.8, 4) is 0 Å². The van der Waals surface area contributed by atoms with Crippen molar-refractivity contribution in [3.05, 3.63) is 28.5 Å². The van der Waals surface area contributed by atoms with E-state index in [0.29, 0.717) is 13.1 Å². The lowest BCUT2D eigenvalue weighted by Crippen LogP contribution is -2.35. The van der Waals surface area contributed by atoms with E-state index in [1.807, 2.05) is 26.2 Å². The second kappa shape index (κ2) is 4.53. The maximum atomic E-state index is 11.8. The number of carbonyl (C=O) groups is 1. The van der Waals surface area contributed by atoms with Gasteiger partial charge in [-0.05, 0) is 48.7 Å². The number of hydrogen-bond acceptors (Lipinski definition) is 3. The molecule has 17 heavy (non-hydrogen) atoms. The summed E-state index contributed by atoms with van der Waals surface area (Å²) in [5, 5.41) is 4.15. The fourth-order valence-electron chi connectivity index (χ4n) is 1.68. The molecule has 0 aliphatic carbocycles. The van der Waals surface area contributed by atoms with Crippen LogP contribution >= 0.6 is 11.3 Å². The zero-order valence-corrected chi connectivity index (χ0v) is 11.2. The minimum Gasteiger partial charge on any atom is -0.444 e. The Kier molecular flexibility index (Phi) is 3.24. The minimum absolute atomic E-state index is 0.237. The van der Waals surface area contributed by atoms with Gasteiger partial charge in [0.25, 0.3) is 0 Å². The second-order valence-electron chi connectivity index (χ2n) is 5.10. The zero-order chi connectivity index (χ0) is 12.5. The van der Waals surface area contributed by atoms with Crippen LogP contribution in [0.3, 0.4) is 0 Å². The molecule has 2 rings (SSSR count). The summed E-state index contributed by atoms with van der Waals surface area (Å²) in [7, 11) is 0. The fraction of sp³-hybridized carbons (Fsp3) is 0.462. The van der Waals surface area contributed by atoms with Crippen molar-refractivity contribution in [1.82, 2.24) is 4.90 Å². The molecule has 4 heteroatoms. The average molecular weight is 251 g/mol. The minimum atomic E-state index is -0.428. The topological polar surface area (TPSA) is 29.5 Å². The summed E-state index contributed by atoms with van der Waals surface area (Å²) in [6.07, 6.45) is 1.85. The van der Waals surface area contributed by atoms with Gasteiger partial charge >= 0.3 is 6.09 Å². The van der Waals surface area contributed by atoms with Crippen LogP contribution in [0.25, 0.3) is 5.57 Å². The maximum absolute atomic E-state index is 11.8. The lowest BCUT2D eigenvalue weighted by Gasteiger charge is -2.24. The molecule has 1 aliphatic rings. The Morgan fingerprint density at radius 1 is 1.47 bits per heavy atom. The van der Waals surface area contributed by atoms with E-state index in [0.717, 1.165) is 0 Å². The van der Waals surface area contributed by atoms with Crippen LogP contribution in [0.5, 0.6) is 0 Å². The van der Waals surface area contributed by atoms with Gasteiger partial charge < -0.3 is 9.64 Å². The molecule has 1 aromatic heterocycles. The third-order valence-corrected chi connectivity index (χ3v) is 3.15. The molecule has 92 valence electrons. The third kappa shape index (κ3) is 3.09. The molecular formula is C13H17NO2S. The quantitative estimate of drug-likeness (QED) is 0.765. The standard InChI is InChI=1S/C13H17NO2S/c1-13(2,3)16-12(15)14-6-4-10(8-14)11-5-7-17-9-11/h4-5,7,9H,6,8H2,1-3H3. The second-order valence-corrected chi connectivity index (χ2v) is 5.88. The molecule has 0 saturated heterocycles. The highest BCUT2D eigenvalue weighted by Gasteiger charge is 2.25. The van der Waals surface area contributed by atoms with Crippen LogP contribution < -0.4 is 0 Å². The summed E-state index contributed by atoms with van der Waals surface area (Å²) in [6.45, 7) is 6.93. The molecule has 0 radical (unpaired) electrons. The van der Waals surface area contributed by atoms with Gasteiger partial charge in [-0.25, -0.2) is 4.79 Å². The summed E-state index contributed by atoms with van der Waals surface area (Å²) in [5.74, 6) is 0.